The van der Waals surface area contributed by atoms with E-state index >= 15 is 0 Å². The van der Waals surface area contributed by atoms with E-state index in [4.69, 9.17) is 9.47 Å². The summed E-state index contributed by atoms with van der Waals surface area (Å²) in [6.45, 7) is 3.76. The van der Waals surface area contributed by atoms with Gasteiger partial charge in [0, 0.05) is 6.42 Å². The van der Waals surface area contributed by atoms with E-state index in [1.165, 1.54) is 218 Å². The molecule has 1 fully saturated rings. The van der Waals surface area contributed by atoms with Crippen molar-refractivity contribution in [2.45, 2.75) is 365 Å². The number of nitrogens with one attached hydrogen (secondary N) is 1. The first-order valence-corrected chi connectivity index (χ1v) is 34.0. The molecule has 9 nitrogen and oxygen atoms in total. The Bertz CT molecular complexity index is 1430. The highest BCUT2D eigenvalue weighted by Crippen LogP contribution is 2.24. The quantitative estimate of drug-likeness (QED) is 0.0261. The molecule has 79 heavy (non-hydrogen) atoms. The lowest BCUT2D eigenvalue weighted by Gasteiger charge is -2.40. The Balaban J connectivity index is 2.13. The molecule has 1 aliphatic heterocycles. The number of aliphatic hydroxyl groups is 5. The van der Waals surface area contributed by atoms with Gasteiger partial charge in [0.25, 0.3) is 0 Å². The van der Waals surface area contributed by atoms with E-state index in [1.54, 1.807) is 0 Å². The lowest BCUT2D eigenvalue weighted by atomic mass is 9.99. The van der Waals surface area contributed by atoms with Gasteiger partial charge in [0.15, 0.2) is 6.29 Å². The van der Waals surface area contributed by atoms with Crippen molar-refractivity contribution >= 4 is 5.91 Å². The zero-order valence-electron chi connectivity index (χ0n) is 51.6. The summed E-state index contributed by atoms with van der Waals surface area (Å²) in [7, 11) is 0. The van der Waals surface area contributed by atoms with Gasteiger partial charge in [-0.15, -0.1) is 0 Å². The van der Waals surface area contributed by atoms with Crippen LogP contribution in [0.5, 0.6) is 0 Å². The van der Waals surface area contributed by atoms with Crippen molar-refractivity contribution in [1.82, 2.24) is 5.32 Å². The number of amides is 1. The van der Waals surface area contributed by atoms with Crippen LogP contribution in [0.15, 0.2) is 60.8 Å². The van der Waals surface area contributed by atoms with Crippen LogP contribution in [0.2, 0.25) is 0 Å². The second-order valence-corrected chi connectivity index (χ2v) is 23.6. The van der Waals surface area contributed by atoms with E-state index in [1.807, 2.05) is 0 Å². The average molecular weight is 1110 g/mol. The van der Waals surface area contributed by atoms with Gasteiger partial charge in [-0.1, -0.05) is 319 Å². The third-order valence-electron chi connectivity index (χ3n) is 16.1. The number of ether oxygens (including phenoxy) is 2. The Morgan fingerprint density at radius 3 is 1.16 bits per heavy atom. The lowest BCUT2D eigenvalue weighted by molar-refractivity contribution is -0.302. The standard InChI is InChI=1S/C70H129NO8/c1-3-5-7-9-11-13-15-17-19-21-23-25-27-29-30-31-32-33-34-36-37-39-41-43-45-47-49-51-53-55-57-59-64(73)63(62-78-70-69(77)68(76)67(75)65(61-72)79-70)71-66(74)60-58-56-54-52-50-48-46-44-42-40-38-35-28-26-24-22-20-18-16-14-12-10-8-6-4-2/h6,8,12,14,18,20,24,26,35,38,63-65,67-70,72-73,75-77H,3-5,7,9-11,13,15-17,19,21-23,25,27-34,36-37,39-62H2,1-2H3,(H,71,74)/b8-6-,14-12-,20-18-,26-24-,38-35-. The fourth-order valence-corrected chi connectivity index (χ4v) is 10.8. The maximum Gasteiger partial charge on any atom is 0.220 e. The molecule has 1 aliphatic rings. The Hall–Kier alpha value is -2.11. The molecule has 7 atom stereocenters. The monoisotopic (exact) mass is 1110 g/mol. The summed E-state index contributed by atoms with van der Waals surface area (Å²) in [5.41, 5.74) is 0. The summed E-state index contributed by atoms with van der Waals surface area (Å²) in [4.78, 5) is 13.1. The van der Waals surface area contributed by atoms with Crippen LogP contribution >= 0.6 is 0 Å². The Morgan fingerprint density at radius 1 is 0.443 bits per heavy atom. The molecule has 462 valence electrons. The highest BCUT2D eigenvalue weighted by molar-refractivity contribution is 5.76. The molecular formula is C70H129NO8. The van der Waals surface area contributed by atoms with Gasteiger partial charge in [-0.3, -0.25) is 4.79 Å². The van der Waals surface area contributed by atoms with Crippen LogP contribution in [0, 0.1) is 0 Å². The van der Waals surface area contributed by atoms with Gasteiger partial charge in [-0.05, 0) is 57.8 Å². The van der Waals surface area contributed by atoms with Crippen molar-refractivity contribution in [3.8, 4) is 0 Å². The van der Waals surface area contributed by atoms with Crippen molar-refractivity contribution in [2.75, 3.05) is 13.2 Å². The van der Waals surface area contributed by atoms with Crippen LogP contribution in [-0.4, -0.2) is 87.5 Å². The number of hydrogen-bond donors (Lipinski definition) is 6. The van der Waals surface area contributed by atoms with Gasteiger partial charge in [0.05, 0.1) is 25.4 Å². The van der Waals surface area contributed by atoms with Crippen molar-refractivity contribution in [1.29, 1.82) is 0 Å². The van der Waals surface area contributed by atoms with Crippen molar-refractivity contribution in [2.24, 2.45) is 0 Å². The summed E-state index contributed by atoms with van der Waals surface area (Å²) in [6, 6.07) is -0.727. The normalized spacial score (nSPS) is 18.9. The second-order valence-electron chi connectivity index (χ2n) is 23.6. The molecule has 1 amide bonds. The van der Waals surface area contributed by atoms with Gasteiger partial charge in [0.2, 0.25) is 5.91 Å². The Morgan fingerprint density at radius 2 is 0.785 bits per heavy atom. The molecule has 0 aromatic heterocycles. The molecule has 0 aliphatic carbocycles. The number of aliphatic hydroxyl groups excluding tert-OH is 5. The van der Waals surface area contributed by atoms with Gasteiger partial charge in [-0.2, -0.15) is 0 Å². The fraction of sp³-hybridized carbons (Fsp3) is 0.843. The van der Waals surface area contributed by atoms with E-state index in [0.29, 0.717) is 12.8 Å². The largest absolute Gasteiger partial charge is 0.394 e. The number of unbranched alkanes of at least 4 members (excludes halogenated alkanes) is 39. The van der Waals surface area contributed by atoms with E-state index in [2.05, 4.69) is 79.9 Å². The minimum atomic E-state index is -1.56. The molecule has 9 heteroatoms. The van der Waals surface area contributed by atoms with Crippen LogP contribution in [0.25, 0.3) is 0 Å². The van der Waals surface area contributed by atoms with E-state index in [-0.39, 0.29) is 12.5 Å². The molecule has 0 saturated carbocycles. The number of carbonyl (C=O) groups is 1. The SMILES string of the molecule is CC/C=C\C/C=C\C/C=C\C/C=C\C/C=C\CCCCCCCCCCCC(=O)NC(COC1OC(CO)C(O)C(O)C1O)C(O)CCCCCCCCCCCCCCCCCCCCCCCCCCCCCCCCC. The molecule has 0 aromatic carbocycles. The maximum absolute atomic E-state index is 13.1. The summed E-state index contributed by atoms with van der Waals surface area (Å²) in [5.74, 6) is -0.148. The van der Waals surface area contributed by atoms with E-state index in [0.717, 1.165) is 77.0 Å². The highest BCUT2D eigenvalue weighted by Gasteiger charge is 2.44. The van der Waals surface area contributed by atoms with E-state index < -0.39 is 49.5 Å². The van der Waals surface area contributed by atoms with Crippen molar-refractivity contribution in [3.05, 3.63) is 60.8 Å². The second kappa shape index (κ2) is 59.1. The first-order valence-electron chi connectivity index (χ1n) is 34.0. The Labute approximate surface area is 487 Å². The van der Waals surface area contributed by atoms with Gasteiger partial charge < -0.3 is 40.3 Å². The highest BCUT2D eigenvalue weighted by atomic mass is 16.7. The molecule has 6 N–H and O–H groups in total. The molecule has 0 radical (unpaired) electrons. The minimum Gasteiger partial charge on any atom is -0.394 e. The molecule has 0 spiro atoms. The summed E-state index contributed by atoms with van der Waals surface area (Å²) in [6.07, 6.45) is 74.2. The minimum absolute atomic E-state index is 0.141. The first kappa shape index (κ1) is 74.9. The third kappa shape index (κ3) is 48.0. The molecule has 7 unspecified atom stereocenters. The predicted molar refractivity (Wildman–Crippen MR) is 336 cm³/mol. The number of rotatable bonds is 59. The number of allylic oxidation sites excluding steroid dienone is 10. The van der Waals surface area contributed by atoms with Gasteiger partial charge in [0.1, 0.15) is 24.4 Å². The topological polar surface area (TPSA) is 149 Å². The summed E-state index contributed by atoms with van der Waals surface area (Å²) in [5, 5.41) is 54.9. The average Bonchev–Trinajstić information content (AvgIpc) is 3.47. The zero-order valence-corrected chi connectivity index (χ0v) is 51.6. The van der Waals surface area contributed by atoms with Crippen LogP contribution in [-0.2, 0) is 14.3 Å². The maximum atomic E-state index is 13.1. The molecule has 0 bridgehead atoms. The smallest absolute Gasteiger partial charge is 0.220 e. The molecule has 0 aromatic rings. The third-order valence-corrected chi connectivity index (χ3v) is 16.1. The molecule has 1 saturated heterocycles. The number of hydrogen-bond acceptors (Lipinski definition) is 8. The van der Waals surface area contributed by atoms with Crippen LogP contribution in [0.3, 0.4) is 0 Å². The number of carbonyl (C=O) groups excluding carboxylic acids is 1. The van der Waals surface area contributed by atoms with Gasteiger partial charge in [-0.25, -0.2) is 0 Å². The van der Waals surface area contributed by atoms with E-state index in [9.17, 15) is 30.3 Å². The first-order chi connectivity index (χ1) is 38.8. The zero-order chi connectivity index (χ0) is 57.2. The van der Waals surface area contributed by atoms with Crippen molar-refractivity contribution in [3.63, 3.8) is 0 Å². The Kier molecular flexibility index (Phi) is 56.0. The van der Waals surface area contributed by atoms with Crippen LogP contribution < -0.4 is 5.32 Å². The van der Waals surface area contributed by atoms with Crippen LogP contribution in [0.1, 0.15) is 322 Å². The lowest BCUT2D eigenvalue weighted by Crippen LogP contribution is -2.60. The molecule has 1 heterocycles. The summed E-state index contributed by atoms with van der Waals surface area (Å²) < 4.78 is 11.4. The van der Waals surface area contributed by atoms with Crippen molar-refractivity contribution < 1.29 is 39.8 Å². The molecule has 1 rings (SSSR count). The summed E-state index contributed by atoms with van der Waals surface area (Å²) >= 11 is 0. The fourth-order valence-electron chi connectivity index (χ4n) is 10.8. The molecular weight excluding hydrogens is 983 g/mol. The van der Waals surface area contributed by atoms with Gasteiger partial charge >= 0.3 is 0 Å². The van der Waals surface area contributed by atoms with Crippen LogP contribution in [0.4, 0.5) is 0 Å². The predicted octanol–water partition coefficient (Wildman–Crippen LogP) is 18.2.